The Morgan fingerprint density at radius 3 is 2.28 bits per heavy atom. The van der Waals surface area contributed by atoms with Gasteiger partial charge in [0.05, 0.1) is 11.4 Å². The summed E-state index contributed by atoms with van der Waals surface area (Å²) in [7, 11) is 0. The fraction of sp³-hybridized carbons (Fsp3) is 0.167. The second-order valence-corrected chi connectivity index (χ2v) is 5.98. The van der Waals surface area contributed by atoms with Crippen molar-refractivity contribution in [2.75, 3.05) is 6.61 Å². The van der Waals surface area contributed by atoms with Crippen molar-refractivity contribution in [1.29, 1.82) is 0 Å². The molecule has 0 aliphatic rings. The molecule has 2 rings (SSSR count). The molecule has 0 spiro atoms. The zero-order valence-electron chi connectivity index (χ0n) is 12.9. The summed E-state index contributed by atoms with van der Waals surface area (Å²) < 4.78 is 17.7. The molecule has 0 amide bonds. The van der Waals surface area contributed by atoms with Crippen LogP contribution in [0.25, 0.3) is 0 Å². The van der Waals surface area contributed by atoms with Crippen molar-refractivity contribution in [3.8, 4) is 0 Å². The van der Waals surface area contributed by atoms with Crippen molar-refractivity contribution >= 4 is 40.7 Å². The van der Waals surface area contributed by atoms with Crippen LogP contribution >= 0.6 is 23.2 Å². The van der Waals surface area contributed by atoms with Crippen LogP contribution in [0.15, 0.2) is 42.5 Å². The Bertz CT molecular complexity index is 803. The van der Waals surface area contributed by atoms with Gasteiger partial charge in [0, 0.05) is 22.6 Å². The Labute approximate surface area is 153 Å². The van der Waals surface area contributed by atoms with Crippen LogP contribution in [0.2, 0.25) is 10.0 Å². The standard InChI is InChI=1S/C18H13Cl2FO4/c19-12-3-6-15(20)14(9-12)17(23)10-25-18(24)8-7-16(22)11-1-4-13(21)5-2-11/h1-6,9H,7-8,10H2. The van der Waals surface area contributed by atoms with Gasteiger partial charge in [-0.1, -0.05) is 23.2 Å². The number of carbonyl (C=O) groups excluding carboxylic acids is 3. The van der Waals surface area contributed by atoms with Gasteiger partial charge in [-0.05, 0) is 42.5 Å². The zero-order valence-corrected chi connectivity index (χ0v) is 14.4. The van der Waals surface area contributed by atoms with Crippen LogP contribution in [0, 0.1) is 5.82 Å². The predicted molar refractivity (Wildman–Crippen MR) is 91.7 cm³/mol. The molecule has 0 bridgehead atoms. The normalized spacial score (nSPS) is 10.4. The highest BCUT2D eigenvalue weighted by molar-refractivity contribution is 6.36. The second kappa shape index (κ2) is 8.74. The van der Waals surface area contributed by atoms with Gasteiger partial charge in [0.15, 0.2) is 12.4 Å². The van der Waals surface area contributed by atoms with Gasteiger partial charge in [0.1, 0.15) is 5.82 Å². The Balaban J connectivity index is 1.82. The number of ketones is 2. The fourth-order valence-corrected chi connectivity index (χ4v) is 2.40. The number of halogens is 3. The largest absolute Gasteiger partial charge is 0.457 e. The zero-order chi connectivity index (χ0) is 18.4. The van der Waals surface area contributed by atoms with E-state index in [2.05, 4.69) is 0 Å². The Kier molecular flexibility index (Phi) is 6.67. The van der Waals surface area contributed by atoms with Gasteiger partial charge in [-0.15, -0.1) is 0 Å². The number of carbonyl (C=O) groups is 3. The summed E-state index contributed by atoms with van der Waals surface area (Å²) in [5.41, 5.74) is 0.459. The molecule has 4 nitrogen and oxygen atoms in total. The van der Waals surface area contributed by atoms with Crippen LogP contribution < -0.4 is 0 Å². The quantitative estimate of drug-likeness (QED) is 0.521. The molecule has 130 valence electrons. The smallest absolute Gasteiger partial charge is 0.306 e. The molecule has 0 saturated carbocycles. The molecular weight excluding hydrogens is 370 g/mol. The van der Waals surface area contributed by atoms with E-state index in [0.29, 0.717) is 10.6 Å². The van der Waals surface area contributed by atoms with E-state index < -0.39 is 24.2 Å². The van der Waals surface area contributed by atoms with Crippen molar-refractivity contribution in [2.45, 2.75) is 12.8 Å². The maximum absolute atomic E-state index is 12.8. The highest BCUT2D eigenvalue weighted by Gasteiger charge is 2.15. The predicted octanol–water partition coefficient (Wildman–Crippen LogP) is 4.52. The highest BCUT2D eigenvalue weighted by Crippen LogP contribution is 2.21. The fourth-order valence-electron chi connectivity index (χ4n) is 2.00. The van der Waals surface area contributed by atoms with Crippen molar-refractivity contribution < 1.29 is 23.5 Å². The third-order valence-electron chi connectivity index (χ3n) is 3.32. The van der Waals surface area contributed by atoms with E-state index in [-0.39, 0.29) is 29.2 Å². The molecule has 7 heteroatoms. The van der Waals surface area contributed by atoms with E-state index in [4.69, 9.17) is 27.9 Å². The summed E-state index contributed by atoms with van der Waals surface area (Å²) in [6, 6.07) is 9.41. The summed E-state index contributed by atoms with van der Waals surface area (Å²) >= 11 is 11.7. The SMILES string of the molecule is O=C(CCC(=O)c1ccc(F)cc1)OCC(=O)c1cc(Cl)ccc1Cl. The van der Waals surface area contributed by atoms with E-state index in [1.54, 1.807) is 0 Å². The van der Waals surface area contributed by atoms with Gasteiger partial charge in [-0.3, -0.25) is 14.4 Å². The molecule has 0 atom stereocenters. The first kappa shape index (κ1) is 19.1. The maximum Gasteiger partial charge on any atom is 0.306 e. The summed E-state index contributed by atoms with van der Waals surface area (Å²) in [5, 5.41) is 0.543. The Hall–Kier alpha value is -2.24. The average Bonchev–Trinajstić information content (AvgIpc) is 2.60. The minimum Gasteiger partial charge on any atom is -0.457 e. The Morgan fingerprint density at radius 1 is 0.920 bits per heavy atom. The molecule has 25 heavy (non-hydrogen) atoms. The maximum atomic E-state index is 12.8. The molecule has 0 aliphatic carbocycles. The number of benzene rings is 2. The third-order valence-corrected chi connectivity index (χ3v) is 3.88. The molecule has 0 unspecified atom stereocenters. The number of esters is 1. The van der Waals surface area contributed by atoms with Gasteiger partial charge in [0.25, 0.3) is 0 Å². The minimum absolute atomic E-state index is 0.101. The van der Waals surface area contributed by atoms with Gasteiger partial charge < -0.3 is 4.74 Å². The highest BCUT2D eigenvalue weighted by atomic mass is 35.5. The van der Waals surface area contributed by atoms with Crippen LogP contribution in [0.3, 0.4) is 0 Å². The number of hydrogen-bond donors (Lipinski definition) is 0. The molecular formula is C18H13Cl2FO4. The van der Waals surface area contributed by atoms with Crippen LogP contribution in [-0.2, 0) is 9.53 Å². The molecule has 0 saturated heterocycles. The summed E-state index contributed by atoms with van der Waals surface area (Å²) in [6.45, 7) is -0.496. The molecule has 2 aromatic carbocycles. The summed E-state index contributed by atoms with van der Waals surface area (Å²) in [6.07, 6.45) is -0.288. The summed E-state index contributed by atoms with van der Waals surface area (Å²) in [5.74, 6) is -1.96. The minimum atomic E-state index is -0.693. The van der Waals surface area contributed by atoms with Gasteiger partial charge >= 0.3 is 5.97 Å². The molecule has 0 aromatic heterocycles. The van der Waals surface area contributed by atoms with E-state index in [1.165, 1.54) is 42.5 Å². The van der Waals surface area contributed by atoms with Crippen LogP contribution in [0.4, 0.5) is 4.39 Å². The number of ether oxygens (including phenoxy) is 1. The first-order chi connectivity index (χ1) is 11.9. The molecule has 0 heterocycles. The van der Waals surface area contributed by atoms with Crippen molar-refractivity contribution in [2.24, 2.45) is 0 Å². The topological polar surface area (TPSA) is 60.4 Å². The van der Waals surface area contributed by atoms with Gasteiger partial charge in [0.2, 0.25) is 5.78 Å². The first-order valence-corrected chi connectivity index (χ1v) is 8.05. The molecule has 0 radical (unpaired) electrons. The number of Topliss-reactive ketones (excluding diaryl/α,β-unsaturated/α-hetero) is 2. The third kappa shape index (κ3) is 5.66. The van der Waals surface area contributed by atoms with E-state index in [0.717, 1.165) is 0 Å². The van der Waals surface area contributed by atoms with Gasteiger partial charge in [-0.2, -0.15) is 0 Å². The van der Waals surface area contributed by atoms with Crippen LogP contribution in [0.1, 0.15) is 33.6 Å². The van der Waals surface area contributed by atoms with E-state index >= 15 is 0 Å². The lowest BCUT2D eigenvalue weighted by Gasteiger charge is -2.06. The summed E-state index contributed by atoms with van der Waals surface area (Å²) in [4.78, 5) is 35.5. The lowest BCUT2D eigenvalue weighted by atomic mass is 10.1. The van der Waals surface area contributed by atoms with Crippen LogP contribution in [-0.4, -0.2) is 24.1 Å². The number of hydrogen-bond acceptors (Lipinski definition) is 4. The molecule has 0 fully saturated rings. The average molecular weight is 383 g/mol. The van der Waals surface area contributed by atoms with Crippen molar-refractivity contribution in [3.63, 3.8) is 0 Å². The van der Waals surface area contributed by atoms with Crippen molar-refractivity contribution in [3.05, 3.63) is 69.5 Å². The van der Waals surface area contributed by atoms with Gasteiger partial charge in [-0.25, -0.2) is 4.39 Å². The monoisotopic (exact) mass is 382 g/mol. The lowest BCUT2D eigenvalue weighted by molar-refractivity contribution is -0.142. The molecule has 0 aliphatic heterocycles. The van der Waals surface area contributed by atoms with E-state index in [1.807, 2.05) is 0 Å². The van der Waals surface area contributed by atoms with Crippen LogP contribution in [0.5, 0.6) is 0 Å². The Morgan fingerprint density at radius 2 is 1.60 bits per heavy atom. The molecule has 2 aromatic rings. The first-order valence-electron chi connectivity index (χ1n) is 7.29. The van der Waals surface area contributed by atoms with E-state index in [9.17, 15) is 18.8 Å². The lowest BCUT2D eigenvalue weighted by Crippen LogP contribution is -2.15. The molecule has 0 N–H and O–H groups in total. The second-order valence-electron chi connectivity index (χ2n) is 5.14. The number of rotatable bonds is 7. The van der Waals surface area contributed by atoms with Crippen molar-refractivity contribution in [1.82, 2.24) is 0 Å².